The molecule has 0 radical (unpaired) electrons. The highest BCUT2D eigenvalue weighted by atomic mass is 35.5. The minimum atomic E-state index is -0.433. The summed E-state index contributed by atoms with van der Waals surface area (Å²) in [4.78, 5) is 12.2. The van der Waals surface area contributed by atoms with E-state index in [-0.39, 0.29) is 5.91 Å². The maximum Gasteiger partial charge on any atom is 0.254 e. The normalized spacial score (nSPS) is 17.0. The predicted molar refractivity (Wildman–Crippen MR) is 92.1 cm³/mol. The van der Waals surface area contributed by atoms with Crippen molar-refractivity contribution in [1.29, 1.82) is 5.26 Å². The van der Waals surface area contributed by atoms with E-state index in [2.05, 4.69) is 11.4 Å². The summed E-state index contributed by atoms with van der Waals surface area (Å²) in [7, 11) is 0. The van der Waals surface area contributed by atoms with Crippen LogP contribution < -0.4 is 5.32 Å². The van der Waals surface area contributed by atoms with Crippen molar-refractivity contribution in [1.82, 2.24) is 0 Å². The first-order chi connectivity index (χ1) is 11.1. The molecule has 0 saturated carbocycles. The largest absolute Gasteiger partial charge is 0.368 e. The van der Waals surface area contributed by atoms with E-state index in [0.29, 0.717) is 33.6 Å². The zero-order valence-corrected chi connectivity index (χ0v) is 14.3. The van der Waals surface area contributed by atoms with Crippen LogP contribution >= 0.6 is 34.5 Å². The SMILES string of the molecule is N#Cc1c(-c2ccc(Cl)c(Cl)c2)csc1NC(=O)C1CCCO1. The fourth-order valence-electron chi connectivity index (χ4n) is 2.41. The molecule has 1 aromatic heterocycles. The molecule has 2 heterocycles. The third-order valence-electron chi connectivity index (χ3n) is 3.59. The molecule has 1 unspecified atom stereocenters. The fourth-order valence-corrected chi connectivity index (χ4v) is 3.63. The Hall–Kier alpha value is -1.58. The number of benzene rings is 1. The van der Waals surface area contributed by atoms with Crippen LogP contribution in [0.5, 0.6) is 0 Å². The van der Waals surface area contributed by atoms with Gasteiger partial charge in [0.1, 0.15) is 17.2 Å². The summed E-state index contributed by atoms with van der Waals surface area (Å²) in [5.74, 6) is -0.207. The maximum atomic E-state index is 12.2. The molecule has 4 nitrogen and oxygen atoms in total. The van der Waals surface area contributed by atoms with Crippen LogP contribution in [0.1, 0.15) is 18.4 Å². The average molecular weight is 367 g/mol. The van der Waals surface area contributed by atoms with Crippen molar-refractivity contribution >= 4 is 45.4 Å². The third kappa shape index (κ3) is 3.36. The number of anilines is 1. The van der Waals surface area contributed by atoms with Gasteiger partial charge in [-0.3, -0.25) is 4.79 Å². The number of hydrogen-bond acceptors (Lipinski definition) is 4. The number of halogens is 2. The molecular formula is C16H12Cl2N2O2S. The molecule has 23 heavy (non-hydrogen) atoms. The lowest BCUT2D eigenvalue weighted by atomic mass is 10.0. The van der Waals surface area contributed by atoms with Gasteiger partial charge < -0.3 is 10.1 Å². The van der Waals surface area contributed by atoms with Crippen molar-refractivity contribution in [2.45, 2.75) is 18.9 Å². The number of amides is 1. The standard InChI is InChI=1S/C16H12Cl2N2O2S/c17-12-4-3-9(6-13(12)18)11-8-23-16(10(11)7-19)20-15(21)14-2-1-5-22-14/h3-4,6,8,14H,1-2,5H2,(H,20,21). The molecule has 1 saturated heterocycles. The maximum absolute atomic E-state index is 12.2. The van der Waals surface area contributed by atoms with E-state index in [4.69, 9.17) is 27.9 Å². The van der Waals surface area contributed by atoms with Crippen LogP contribution in [0.2, 0.25) is 10.0 Å². The second-order valence-electron chi connectivity index (χ2n) is 5.09. The Kier molecular flexibility index (Phi) is 4.88. The van der Waals surface area contributed by atoms with E-state index in [9.17, 15) is 10.1 Å². The van der Waals surface area contributed by atoms with Gasteiger partial charge in [-0.2, -0.15) is 5.26 Å². The van der Waals surface area contributed by atoms with Gasteiger partial charge in [0.15, 0.2) is 0 Å². The Labute approximate surface area is 147 Å². The van der Waals surface area contributed by atoms with Gasteiger partial charge in [0, 0.05) is 17.6 Å². The number of rotatable bonds is 3. The van der Waals surface area contributed by atoms with Gasteiger partial charge in [0.05, 0.1) is 15.6 Å². The first-order valence-electron chi connectivity index (χ1n) is 6.99. The molecule has 1 aliphatic heterocycles. The number of nitrogens with zero attached hydrogens (tertiary/aromatic N) is 1. The van der Waals surface area contributed by atoms with Gasteiger partial charge in [0.25, 0.3) is 5.91 Å². The Bertz CT molecular complexity index is 792. The Morgan fingerprint density at radius 1 is 1.39 bits per heavy atom. The molecule has 1 aliphatic rings. The summed E-state index contributed by atoms with van der Waals surface area (Å²) < 4.78 is 5.36. The van der Waals surface area contributed by atoms with Gasteiger partial charge in [-0.15, -0.1) is 11.3 Å². The van der Waals surface area contributed by atoms with Crippen LogP contribution in [0, 0.1) is 11.3 Å². The van der Waals surface area contributed by atoms with Crippen molar-refractivity contribution in [2.24, 2.45) is 0 Å². The molecule has 3 rings (SSSR count). The van der Waals surface area contributed by atoms with Gasteiger partial charge >= 0.3 is 0 Å². The van der Waals surface area contributed by atoms with Gasteiger partial charge in [0.2, 0.25) is 0 Å². The number of thiophene rings is 1. The summed E-state index contributed by atoms with van der Waals surface area (Å²) in [6, 6.07) is 7.34. The predicted octanol–water partition coefficient (Wildman–Crippen LogP) is 4.71. The molecule has 1 amide bonds. The van der Waals surface area contributed by atoms with Crippen molar-refractivity contribution in [3.63, 3.8) is 0 Å². The van der Waals surface area contributed by atoms with E-state index in [1.54, 1.807) is 18.2 Å². The number of nitrogens with one attached hydrogen (secondary N) is 1. The van der Waals surface area contributed by atoms with E-state index < -0.39 is 6.10 Å². The van der Waals surface area contributed by atoms with Gasteiger partial charge in [-0.05, 0) is 30.5 Å². The summed E-state index contributed by atoms with van der Waals surface area (Å²) in [5, 5.41) is 15.5. The smallest absolute Gasteiger partial charge is 0.254 e. The molecule has 7 heteroatoms. The first kappa shape index (κ1) is 16.3. The van der Waals surface area contributed by atoms with E-state index in [1.807, 2.05) is 5.38 Å². The van der Waals surface area contributed by atoms with E-state index in [0.717, 1.165) is 17.5 Å². The molecule has 1 fully saturated rings. The van der Waals surface area contributed by atoms with Crippen molar-refractivity contribution in [2.75, 3.05) is 11.9 Å². The first-order valence-corrected chi connectivity index (χ1v) is 8.63. The molecule has 118 valence electrons. The summed E-state index contributed by atoms with van der Waals surface area (Å²) in [6.45, 7) is 0.599. The van der Waals surface area contributed by atoms with Gasteiger partial charge in [-0.1, -0.05) is 29.3 Å². The molecule has 0 spiro atoms. The topological polar surface area (TPSA) is 62.1 Å². The van der Waals surface area contributed by atoms with Crippen LogP contribution in [0.15, 0.2) is 23.6 Å². The van der Waals surface area contributed by atoms with Crippen LogP contribution in [-0.4, -0.2) is 18.6 Å². The molecule has 0 bridgehead atoms. The highest BCUT2D eigenvalue weighted by molar-refractivity contribution is 7.15. The fraction of sp³-hybridized carbons (Fsp3) is 0.250. The number of hydrogen-bond donors (Lipinski definition) is 1. The second kappa shape index (κ2) is 6.90. The van der Waals surface area contributed by atoms with Crippen molar-refractivity contribution < 1.29 is 9.53 Å². The molecule has 0 aliphatic carbocycles. The summed E-state index contributed by atoms with van der Waals surface area (Å²) in [6.07, 6.45) is 1.15. The minimum absolute atomic E-state index is 0.207. The lowest BCUT2D eigenvalue weighted by Gasteiger charge is -2.09. The Morgan fingerprint density at radius 3 is 2.87 bits per heavy atom. The lowest BCUT2D eigenvalue weighted by Crippen LogP contribution is -2.26. The van der Waals surface area contributed by atoms with Crippen molar-refractivity contribution in [3.8, 4) is 17.2 Å². The zero-order chi connectivity index (χ0) is 16.4. The van der Waals surface area contributed by atoms with Crippen molar-refractivity contribution in [3.05, 3.63) is 39.2 Å². The molecule has 1 atom stereocenters. The monoisotopic (exact) mass is 366 g/mol. The number of carbonyl (C=O) groups excluding carboxylic acids is 1. The quantitative estimate of drug-likeness (QED) is 0.855. The molecular weight excluding hydrogens is 355 g/mol. The van der Waals surface area contributed by atoms with Crippen LogP contribution in [-0.2, 0) is 9.53 Å². The molecule has 1 N–H and O–H groups in total. The van der Waals surface area contributed by atoms with Crippen LogP contribution in [0.3, 0.4) is 0 Å². The highest BCUT2D eigenvalue weighted by Gasteiger charge is 2.25. The Morgan fingerprint density at radius 2 is 2.22 bits per heavy atom. The summed E-state index contributed by atoms with van der Waals surface area (Å²) in [5.41, 5.74) is 1.92. The lowest BCUT2D eigenvalue weighted by molar-refractivity contribution is -0.124. The highest BCUT2D eigenvalue weighted by Crippen LogP contribution is 2.37. The number of nitriles is 1. The Balaban J connectivity index is 1.89. The average Bonchev–Trinajstić information content (AvgIpc) is 3.19. The summed E-state index contributed by atoms with van der Waals surface area (Å²) >= 11 is 13.3. The van der Waals surface area contributed by atoms with E-state index >= 15 is 0 Å². The number of carbonyl (C=O) groups is 1. The minimum Gasteiger partial charge on any atom is -0.368 e. The molecule has 2 aromatic rings. The third-order valence-corrected chi connectivity index (χ3v) is 5.23. The second-order valence-corrected chi connectivity index (χ2v) is 6.78. The van der Waals surface area contributed by atoms with Crippen LogP contribution in [0.4, 0.5) is 5.00 Å². The van der Waals surface area contributed by atoms with Crippen LogP contribution in [0.25, 0.3) is 11.1 Å². The number of ether oxygens (including phenoxy) is 1. The van der Waals surface area contributed by atoms with E-state index in [1.165, 1.54) is 11.3 Å². The molecule has 1 aromatic carbocycles. The zero-order valence-electron chi connectivity index (χ0n) is 11.9. The van der Waals surface area contributed by atoms with Gasteiger partial charge in [-0.25, -0.2) is 0 Å².